The minimum Gasteiger partial charge on any atom is -0.485 e. The van der Waals surface area contributed by atoms with Crippen LogP contribution in [0.25, 0.3) is 0 Å². The maximum atomic E-state index is 13.4. The Kier molecular flexibility index (Phi) is 5.05. The smallest absolute Gasteiger partial charge is 0.268 e. The Labute approximate surface area is 178 Å². The molecule has 2 atom stereocenters. The number of hydrogen-bond donors (Lipinski definition) is 1. The number of ether oxygens (including phenoxy) is 2. The third kappa shape index (κ3) is 3.79. The number of carbonyl (C=O) groups excluding carboxylic acids is 1. The van der Waals surface area contributed by atoms with Crippen LogP contribution < -0.4 is 14.4 Å². The van der Waals surface area contributed by atoms with Gasteiger partial charge in [-0.15, -0.1) is 0 Å². The van der Waals surface area contributed by atoms with E-state index in [2.05, 4.69) is 12.1 Å². The number of fused-ring (bicyclic) bond motifs is 2. The first kappa shape index (κ1) is 20.7. The van der Waals surface area contributed by atoms with E-state index in [0.29, 0.717) is 24.3 Å². The van der Waals surface area contributed by atoms with Crippen LogP contribution in [0.5, 0.6) is 11.5 Å². The van der Waals surface area contributed by atoms with Crippen LogP contribution in [0.4, 0.5) is 5.69 Å². The Bertz CT molecular complexity index is 946. The minimum absolute atomic E-state index is 0.0269. The number of aryl methyl sites for hydroxylation is 1. The third-order valence-corrected chi connectivity index (χ3v) is 5.95. The van der Waals surface area contributed by atoms with Gasteiger partial charge in [0, 0.05) is 23.6 Å². The second-order valence-corrected chi connectivity index (χ2v) is 9.83. The van der Waals surface area contributed by atoms with Crippen LogP contribution in [0.2, 0.25) is 0 Å². The second-order valence-electron chi connectivity index (χ2n) is 9.83. The SMILES string of the molecule is CC1(C)Oc2cc3c(cc2C[C@H]1O)OC(CCc1ccccc1)C(=O)N3C(C)(C)C. The van der Waals surface area contributed by atoms with Crippen molar-refractivity contribution in [1.29, 1.82) is 0 Å². The molecule has 160 valence electrons. The molecule has 0 radical (unpaired) electrons. The Balaban J connectivity index is 1.68. The molecule has 30 heavy (non-hydrogen) atoms. The number of aliphatic hydroxyl groups excluding tert-OH is 1. The van der Waals surface area contributed by atoms with E-state index < -0.39 is 23.3 Å². The molecule has 0 aromatic heterocycles. The standard InChI is InChI=1S/C25H31NO4/c1-24(2,3)26-18-15-20-17(14-22(27)25(4,5)30-20)13-21(18)29-19(23(26)28)12-11-16-9-7-6-8-10-16/h6-10,13,15,19,22,27H,11-12,14H2,1-5H3/t19?,22-/m1/s1. The molecule has 5 heteroatoms. The predicted molar refractivity (Wildman–Crippen MR) is 117 cm³/mol. The van der Waals surface area contributed by atoms with Crippen LogP contribution in [-0.4, -0.2) is 34.4 Å². The molecular formula is C25H31NO4. The van der Waals surface area contributed by atoms with Crippen LogP contribution in [-0.2, 0) is 17.6 Å². The molecule has 2 aliphatic rings. The van der Waals surface area contributed by atoms with Crippen LogP contribution >= 0.6 is 0 Å². The van der Waals surface area contributed by atoms with E-state index in [0.717, 1.165) is 17.7 Å². The van der Waals surface area contributed by atoms with Crippen molar-refractivity contribution in [3.05, 3.63) is 53.6 Å². The third-order valence-electron chi connectivity index (χ3n) is 5.95. The fraction of sp³-hybridized carbons (Fsp3) is 0.480. The fourth-order valence-electron chi connectivity index (χ4n) is 4.20. The number of hydrogen-bond acceptors (Lipinski definition) is 4. The van der Waals surface area contributed by atoms with Gasteiger partial charge < -0.3 is 19.5 Å². The molecule has 2 heterocycles. The summed E-state index contributed by atoms with van der Waals surface area (Å²) in [5, 5.41) is 10.4. The lowest BCUT2D eigenvalue weighted by Crippen LogP contribution is -2.54. The van der Waals surface area contributed by atoms with Crippen molar-refractivity contribution in [2.24, 2.45) is 0 Å². The lowest BCUT2D eigenvalue weighted by Gasteiger charge is -2.44. The first-order valence-corrected chi connectivity index (χ1v) is 10.6. The van der Waals surface area contributed by atoms with E-state index in [9.17, 15) is 9.90 Å². The Morgan fingerprint density at radius 2 is 1.83 bits per heavy atom. The van der Waals surface area contributed by atoms with Crippen molar-refractivity contribution in [2.75, 3.05) is 4.90 Å². The summed E-state index contributed by atoms with van der Waals surface area (Å²) in [4.78, 5) is 15.3. The molecule has 0 aliphatic carbocycles. The molecule has 1 N–H and O–H groups in total. The van der Waals surface area contributed by atoms with Crippen LogP contribution in [0.1, 0.15) is 52.2 Å². The zero-order valence-electron chi connectivity index (χ0n) is 18.4. The number of amides is 1. The highest BCUT2D eigenvalue weighted by Gasteiger charge is 2.42. The summed E-state index contributed by atoms with van der Waals surface area (Å²) in [6, 6.07) is 14.0. The van der Waals surface area contributed by atoms with Crippen molar-refractivity contribution in [2.45, 2.75) is 77.2 Å². The maximum Gasteiger partial charge on any atom is 0.268 e. The van der Waals surface area contributed by atoms with E-state index in [1.165, 1.54) is 5.56 Å². The number of carbonyl (C=O) groups is 1. The van der Waals surface area contributed by atoms with Crippen molar-refractivity contribution >= 4 is 11.6 Å². The Morgan fingerprint density at radius 3 is 2.50 bits per heavy atom. The number of aliphatic hydroxyl groups is 1. The van der Waals surface area contributed by atoms with Crippen molar-refractivity contribution in [3.63, 3.8) is 0 Å². The second kappa shape index (κ2) is 7.31. The molecule has 0 spiro atoms. The lowest BCUT2D eigenvalue weighted by molar-refractivity contribution is -0.127. The maximum absolute atomic E-state index is 13.4. The van der Waals surface area contributed by atoms with Gasteiger partial charge in [0.15, 0.2) is 6.10 Å². The van der Waals surface area contributed by atoms with Crippen molar-refractivity contribution in [3.8, 4) is 11.5 Å². The van der Waals surface area contributed by atoms with E-state index >= 15 is 0 Å². The summed E-state index contributed by atoms with van der Waals surface area (Å²) in [5.74, 6) is 1.36. The predicted octanol–water partition coefficient (Wildman–Crippen LogP) is 4.29. The average Bonchev–Trinajstić information content (AvgIpc) is 2.66. The molecule has 0 fully saturated rings. The number of rotatable bonds is 3. The van der Waals surface area contributed by atoms with Gasteiger partial charge in [0.1, 0.15) is 17.1 Å². The largest absolute Gasteiger partial charge is 0.485 e. The van der Waals surface area contributed by atoms with Gasteiger partial charge in [-0.3, -0.25) is 4.79 Å². The van der Waals surface area contributed by atoms with Gasteiger partial charge in [-0.1, -0.05) is 30.3 Å². The molecule has 2 aromatic carbocycles. The Hall–Kier alpha value is -2.53. The van der Waals surface area contributed by atoms with E-state index in [4.69, 9.17) is 9.47 Å². The molecule has 0 bridgehead atoms. The van der Waals surface area contributed by atoms with E-state index in [-0.39, 0.29) is 5.91 Å². The lowest BCUT2D eigenvalue weighted by atomic mass is 9.90. The molecule has 1 amide bonds. The normalized spacial score (nSPS) is 22.6. The summed E-state index contributed by atoms with van der Waals surface area (Å²) in [5.41, 5.74) is 1.75. The summed E-state index contributed by atoms with van der Waals surface area (Å²) >= 11 is 0. The van der Waals surface area contributed by atoms with E-state index in [1.807, 2.05) is 69.9 Å². The van der Waals surface area contributed by atoms with Gasteiger partial charge in [0.25, 0.3) is 5.91 Å². The van der Waals surface area contributed by atoms with Crippen molar-refractivity contribution < 1.29 is 19.4 Å². The molecule has 2 aromatic rings. The molecular weight excluding hydrogens is 378 g/mol. The van der Waals surface area contributed by atoms with Gasteiger partial charge in [0.05, 0.1) is 11.8 Å². The topological polar surface area (TPSA) is 59.0 Å². The van der Waals surface area contributed by atoms with Gasteiger partial charge in [-0.25, -0.2) is 0 Å². The van der Waals surface area contributed by atoms with Crippen LogP contribution in [0.15, 0.2) is 42.5 Å². The first-order valence-electron chi connectivity index (χ1n) is 10.6. The van der Waals surface area contributed by atoms with Crippen LogP contribution in [0, 0.1) is 0 Å². The average molecular weight is 410 g/mol. The molecule has 4 rings (SSSR count). The summed E-state index contributed by atoms with van der Waals surface area (Å²) in [6.45, 7) is 9.85. The first-order chi connectivity index (χ1) is 14.1. The fourth-order valence-corrected chi connectivity index (χ4v) is 4.20. The van der Waals surface area contributed by atoms with Gasteiger partial charge in [0.2, 0.25) is 0 Å². The number of nitrogens with zero attached hydrogens (tertiary/aromatic N) is 1. The highest BCUT2D eigenvalue weighted by atomic mass is 16.5. The highest BCUT2D eigenvalue weighted by Crippen LogP contribution is 2.45. The van der Waals surface area contributed by atoms with Gasteiger partial charge in [-0.2, -0.15) is 0 Å². The Morgan fingerprint density at radius 1 is 1.13 bits per heavy atom. The highest BCUT2D eigenvalue weighted by molar-refractivity contribution is 6.01. The van der Waals surface area contributed by atoms with Gasteiger partial charge >= 0.3 is 0 Å². The molecule has 0 saturated heterocycles. The minimum atomic E-state index is -0.675. The number of anilines is 1. The quantitative estimate of drug-likeness (QED) is 0.822. The van der Waals surface area contributed by atoms with Crippen molar-refractivity contribution in [1.82, 2.24) is 0 Å². The van der Waals surface area contributed by atoms with E-state index in [1.54, 1.807) is 0 Å². The zero-order valence-corrected chi connectivity index (χ0v) is 18.4. The molecule has 1 unspecified atom stereocenters. The molecule has 5 nitrogen and oxygen atoms in total. The summed E-state index contributed by atoms with van der Waals surface area (Å²) in [7, 11) is 0. The molecule has 0 saturated carbocycles. The summed E-state index contributed by atoms with van der Waals surface area (Å²) < 4.78 is 12.3. The summed E-state index contributed by atoms with van der Waals surface area (Å²) in [6.07, 6.45) is 0.738. The van der Waals surface area contributed by atoms with Gasteiger partial charge in [-0.05, 0) is 59.1 Å². The molecule has 2 aliphatic heterocycles. The monoisotopic (exact) mass is 409 g/mol. The zero-order chi connectivity index (χ0) is 21.7. The van der Waals surface area contributed by atoms with Crippen LogP contribution in [0.3, 0.4) is 0 Å². The number of benzene rings is 2.